The number of halogens is 2. The van der Waals surface area contributed by atoms with Gasteiger partial charge in [-0.2, -0.15) is 0 Å². The Hall–Kier alpha value is -2.84. The quantitative estimate of drug-likeness (QED) is 0.451. The van der Waals surface area contributed by atoms with Crippen LogP contribution in [0.3, 0.4) is 0 Å². The van der Waals surface area contributed by atoms with Crippen LogP contribution in [0.4, 0.5) is 11.4 Å². The van der Waals surface area contributed by atoms with Crippen LogP contribution in [0.25, 0.3) is 0 Å². The zero-order chi connectivity index (χ0) is 19.3. The van der Waals surface area contributed by atoms with Crippen molar-refractivity contribution in [2.75, 3.05) is 19.0 Å². The summed E-state index contributed by atoms with van der Waals surface area (Å²) in [5, 5.41) is 13.7. The highest BCUT2D eigenvalue weighted by Crippen LogP contribution is 2.28. The number of esters is 1. The van der Waals surface area contributed by atoms with E-state index in [1.807, 2.05) is 0 Å². The summed E-state index contributed by atoms with van der Waals surface area (Å²) in [7, 11) is 1.35. The highest BCUT2D eigenvalue weighted by atomic mass is 35.5. The Morgan fingerprint density at radius 3 is 2.54 bits per heavy atom. The molecule has 0 atom stereocenters. The molecule has 0 aliphatic rings. The monoisotopic (exact) mass is 398 g/mol. The van der Waals surface area contributed by atoms with Crippen molar-refractivity contribution >= 4 is 46.5 Å². The summed E-state index contributed by atoms with van der Waals surface area (Å²) in [5.41, 5.74) is -0.102. The molecule has 2 aromatic carbocycles. The number of rotatable bonds is 6. The number of anilines is 1. The van der Waals surface area contributed by atoms with Crippen LogP contribution < -0.4 is 10.1 Å². The van der Waals surface area contributed by atoms with Gasteiger partial charge in [-0.05, 0) is 24.3 Å². The maximum atomic E-state index is 12.0. The van der Waals surface area contributed by atoms with Gasteiger partial charge in [-0.25, -0.2) is 4.79 Å². The summed E-state index contributed by atoms with van der Waals surface area (Å²) in [5.74, 6) is -1.30. The molecule has 0 aliphatic carbocycles. The molecular formula is C16H12Cl2N2O6. The van der Waals surface area contributed by atoms with Crippen LogP contribution >= 0.6 is 23.2 Å². The SMILES string of the molecule is COc1ccc([N+](=O)[O-])cc1NC(=O)COC(=O)c1ccc(Cl)cc1Cl. The van der Waals surface area contributed by atoms with Gasteiger partial charge in [0, 0.05) is 17.2 Å². The van der Waals surface area contributed by atoms with Gasteiger partial charge in [-0.15, -0.1) is 0 Å². The van der Waals surface area contributed by atoms with Gasteiger partial charge in [0.25, 0.3) is 11.6 Å². The number of carbonyl (C=O) groups excluding carboxylic acids is 2. The normalized spacial score (nSPS) is 10.1. The van der Waals surface area contributed by atoms with Crippen LogP contribution in [0.2, 0.25) is 10.0 Å². The summed E-state index contributed by atoms with van der Waals surface area (Å²) in [6.45, 7) is -0.621. The van der Waals surface area contributed by atoms with E-state index in [4.69, 9.17) is 32.7 Å². The molecule has 0 radical (unpaired) electrons. The van der Waals surface area contributed by atoms with E-state index in [1.54, 1.807) is 0 Å². The first-order valence-corrected chi connectivity index (χ1v) is 7.82. The van der Waals surface area contributed by atoms with Crippen LogP contribution in [0.15, 0.2) is 36.4 Å². The summed E-state index contributed by atoms with van der Waals surface area (Å²) < 4.78 is 9.91. The molecule has 0 spiro atoms. The van der Waals surface area contributed by atoms with Crippen LogP contribution in [-0.4, -0.2) is 30.5 Å². The Labute approximate surface area is 157 Å². The molecule has 0 heterocycles. The smallest absolute Gasteiger partial charge is 0.340 e. The molecular weight excluding hydrogens is 387 g/mol. The second-order valence-corrected chi connectivity index (χ2v) is 5.73. The molecule has 0 unspecified atom stereocenters. The Morgan fingerprint density at radius 2 is 1.92 bits per heavy atom. The standard InChI is InChI=1S/C16H12Cl2N2O6/c1-25-14-5-3-10(20(23)24)7-13(14)19-15(21)8-26-16(22)11-4-2-9(17)6-12(11)18/h2-7H,8H2,1H3,(H,19,21). The number of nitrogens with one attached hydrogen (secondary N) is 1. The highest BCUT2D eigenvalue weighted by Gasteiger charge is 2.17. The van der Waals surface area contributed by atoms with Crippen LogP contribution in [0.1, 0.15) is 10.4 Å². The van der Waals surface area contributed by atoms with E-state index in [2.05, 4.69) is 5.32 Å². The summed E-state index contributed by atoms with van der Waals surface area (Å²) in [4.78, 5) is 34.1. The van der Waals surface area contributed by atoms with E-state index in [-0.39, 0.29) is 27.7 Å². The first kappa shape index (κ1) is 19.5. The number of nitrogens with zero attached hydrogens (tertiary/aromatic N) is 1. The molecule has 10 heteroatoms. The Bertz CT molecular complexity index is 872. The van der Waals surface area contributed by atoms with Gasteiger partial charge in [0.2, 0.25) is 0 Å². The molecule has 0 saturated heterocycles. The average molecular weight is 399 g/mol. The fourth-order valence-corrected chi connectivity index (χ4v) is 2.44. The van der Waals surface area contributed by atoms with Crippen molar-refractivity contribution in [2.45, 2.75) is 0 Å². The predicted molar refractivity (Wildman–Crippen MR) is 95.0 cm³/mol. The number of non-ortho nitro benzene ring substituents is 1. The minimum atomic E-state index is -0.812. The van der Waals surface area contributed by atoms with E-state index in [0.717, 1.165) is 6.07 Å². The van der Waals surface area contributed by atoms with Gasteiger partial charge >= 0.3 is 5.97 Å². The molecule has 2 rings (SSSR count). The maximum absolute atomic E-state index is 12.0. The van der Waals surface area contributed by atoms with Crippen molar-refractivity contribution in [2.24, 2.45) is 0 Å². The Balaban J connectivity index is 2.03. The van der Waals surface area contributed by atoms with Crippen LogP contribution in [-0.2, 0) is 9.53 Å². The maximum Gasteiger partial charge on any atom is 0.340 e. The molecule has 8 nitrogen and oxygen atoms in total. The van der Waals surface area contributed by atoms with Crippen molar-refractivity contribution in [3.05, 3.63) is 62.1 Å². The molecule has 1 N–H and O–H groups in total. The topological polar surface area (TPSA) is 108 Å². The number of methoxy groups -OCH3 is 1. The molecule has 26 heavy (non-hydrogen) atoms. The molecule has 0 fully saturated rings. The minimum absolute atomic E-state index is 0.0526. The lowest BCUT2D eigenvalue weighted by Crippen LogP contribution is -2.21. The Morgan fingerprint density at radius 1 is 1.19 bits per heavy atom. The molecule has 136 valence electrons. The van der Waals surface area contributed by atoms with E-state index in [0.29, 0.717) is 5.02 Å². The van der Waals surface area contributed by atoms with Crippen LogP contribution in [0, 0.1) is 10.1 Å². The molecule has 1 amide bonds. The molecule has 2 aromatic rings. The van der Waals surface area contributed by atoms with Crippen molar-refractivity contribution < 1.29 is 24.0 Å². The minimum Gasteiger partial charge on any atom is -0.495 e. The van der Waals surface area contributed by atoms with Gasteiger partial charge in [0.05, 0.1) is 28.3 Å². The van der Waals surface area contributed by atoms with E-state index >= 15 is 0 Å². The van der Waals surface area contributed by atoms with Crippen molar-refractivity contribution in [1.29, 1.82) is 0 Å². The molecule has 0 bridgehead atoms. The lowest BCUT2D eigenvalue weighted by molar-refractivity contribution is -0.384. The molecule has 0 aromatic heterocycles. The fraction of sp³-hybridized carbons (Fsp3) is 0.125. The third-order valence-electron chi connectivity index (χ3n) is 3.15. The molecule has 0 aliphatic heterocycles. The zero-order valence-corrected chi connectivity index (χ0v) is 14.8. The highest BCUT2D eigenvalue weighted by molar-refractivity contribution is 6.36. The summed E-state index contributed by atoms with van der Waals surface area (Å²) >= 11 is 11.6. The van der Waals surface area contributed by atoms with Crippen molar-refractivity contribution in [1.82, 2.24) is 0 Å². The average Bonchev–Trinajstić information content (AvgIpc) is 2.59. The Kier molecular flexibility index (Phi) is 6.37. The second kappa shape index (κ2) is 8.50. The lowest BCUT2D eigenvalue weighted by Gasteiger charge is -2.10. The predicted octanol–water partition coefficient (Wildman–Crippen LogP) is 3.71. The lowest BCUT2D eigenvalue weighted by atomic mass is 10.2. The first-order chi connectivity index (χ1) is 12.3. The number of hydrogen-bond acceptors (Lipinski definition) is 6. The number of benzene rings is 2. The fourth-order valence-electron chi connectivity index (χ4n) is 1.96. The number of nitro groups is 1. The van der Waals surface area contributed by atoms with E-state index in [9.17, 15) is 19.7 Å². The van der Waals surface area contributed by atoms with Gasteiger partial charge in [-0.3, -0.25) is 14.9 Å². The van der Waals surface area contributed by atoms with Gasteiger partial charge in [0.1, 0.15) is 5.75 Å². The molecule has 0 saturated carbocycles. The first-order valence-electron chi connectivity index (χ1n) is 7.06. The summed E-state index contributed by atoms with van der Waals surface area (Å²) in [6.07, 6.45) is 0. The van der Waals surface area contributed by atoms with Crippen LogP contribution in [0.5, 0.6) is 5.75 Å². The second-order valence-electron chi connectivity index (χ2n) is 4.89. The van der Waals surface area contributed by atoms with Crippen molar-refractivity contribution in [3.8, 4) is 5.75 Å². The number of carbonyl (C=O) groups is 2. The van der Waals surface area contributed by atoms with Gasteiger partial charge < -0.3 is 14.8 Å². The van der Waals surface area contributed by atoms with E-state index < -0.39 is 23.4 Å². The number of ether oxygens (including phenoxy) is 2. The number of amides is 1. The zero-order valence-electron chi connectivity index (χ0n) is 13.3. The number of nitro benzene ring substituents is 1. The summed E-state index contributed by atoms with van der Waals surface area (Å²) in [6, 6.07) is 7.90. The van der Waals surface area contributed by atoms with Crippen molar-refractivity contribution in [3.63, 3.8) is 0 Å². The largest absolute Gasteiger partial charge is 0.495 e. The van der Waals surface area contributed by atoms with Gasteiger partial charge in [-0.1, -0.05) is 23.2 Å². The van der Waals surface area contributed by atoms with E-state index in [1.165, 1.54) is 37.4 Å². The number of hydrogen-bond donors (Lipinski definition) is 1. The van der Waals surface area contributed by atoms with Gasteiger partial charge in [0.15, 0.2) is 6.61 Å². The third-order valence-corrected chi connectivity index (χ3v) is 3.70. The third kappa shape index (κ3) is 4.84.